The van der Waals surface area contributed by atoms with Gasteiger partial charge >= 0.3 is 0 Å². The molecule has 0 amide bonds. The molecule has 0 saturated heterocycles. The Hall–Kier alpha value is -1.51. The Bertz CT molecular complexity index is 259. The first-order valence-corrected chi connectivity index (χ1v) is 4.30. The van der Waals surface area contributed by atoms with Gasteiger partial charge in [-0.05, 0) is 19.1 Å². The van der Waals surface area contributed by atoms with Gasteiger partial charge in [0.15, 0.2) is 0 Å². The van der Waals surface area contributed by atoms with Crippen LogP contribution in [-0.2, 0) is 0 Å². The zero-order valence-corrected chi connectivity index (χ0v) is 7.64. The largest absolute Gasteiger partial charge is 0.411 e. The van der Waals surface area contributed by atoms with Gasteiger partial charge in [-0.25, -0.2) is 0 Å². The number of nitrogens with one attached hydrogen (secondary N) is 1. The lowest BCUT2D eigenvalue weighted by atomic mass is 10.2. The molecule has 0 saturated carbocycles. The number of benzene rings is 1. The molecule has 0 aliphatic heterocycles. The number of oxime groups is 1. The third-order valence-corrected chi connectivity index (χ3v) is 1.73. The molecule has 0 aliphatic rings. The number of hydrogen-bond acceptors (Lipinski definition) is 3. The maximum absolute atomic E-state index is 8.22. The number of hydrogen-bond donors (Lipinski definition) is 2. The van der Waals surface area contributed by atoms with Gasteiger partial charge in [0, 0.05) is 24.4 Å². The second-order valence-electron chi connectivity index (χ2n) is 2.95. The fourth-order valence-electron chi connectivity index (χ4n) is 1.08. The highest BCUT2D eigenvalue weighted by atomic mass is 16.4. The molecule has 0 bridgehead atoms. The molecule has 1 unspecified atom stereocenters. The number of nitrogens with zero attached hydrogens (tertiary/aromatic N) is 1. The molecule has 3 heteroatoms. The van der Waals surface area contributed by atoms with Gasteiger partial charge in [0.2, 0.25) is 0 Å². The Kier molecular flexibility index (Phi) is 3.82. The van der Waals surface area contributed by atoms with Crippen molar-refractivity contribution in [1.82, 2.24) is 0 Å². The molecule has 0 aromatic heterocycles. The van der Waals surface area contributed by atoms with Gasteiger partial charge in [0.05, 0.1) is 0 Å². The summed E-state index contributed by atoms with van der Waals surface area (Å²) in [6.45, 7) is 2.04. The van der Waals surface area contributed by atoms with E-state index in [-0.39, 0.29) is 6.04 Å². The van der Waals surface area contributed by atoms with Gasteiger partial charge in [0.25, 0.3) is 0 Å². The summed E-state index contributed by atoms with van der Waals surface area (Å²) in [5.41, 5.74) is 1.08. The van der Waals surface area contributed by atoms with E-state index in [1.165, 1.54) is 6.21 Å². The second kappa shape index (κ2) is 5.19. The van der Waals surface area contributed by atoms with Crippen LogP contribution in [0.3, 0.4) is 0 Å². The number of rotatable bonds is 4. The molecule has 1 aromatic carbocycles. The van der Waals surface area contributed by atoms with Crippen molar-refractivity contribution in [2.75, 3.05) is 5.32 Å². The van der Waals surface area contributed by atoms with E-state index in [1.807, 2.05) is 37.3 Å². The van der Waals surface area contributed by atoms with Crippen LogP contribution in [0.5, 0.6) is 0 Å². The van der Waals surface area contributed by atoms with Crippen molar-refractivity contribution in [2.24, 2.45) is 5.16 Å². The maximum atomic E-state index is 8.22. The molecule has 0 aliphatic carbocycles. The van der Waals surface area contributed by atoms with Crippen LogP contribution in [0.1, 0.15) is 13.3 Å². The van der Waals surface area contributed by atoms with Gasteiger partial charge < -0.3 is 10.5 Å². The van der Waals surface area contributed by atoms with Crippen LogP contribution >= 0.6 is 0 Å². The first kappa shape index (κ1) is 9.58. The van der Waals surface area contributed by atoms with Crippen molar-refractivity contribution in [2.45, 2.75) is 19.4 Å². The summed E-state index contributed by atoms with van der Waals surface area (Å²) in [5.74, 6) is 0. The number of anilines is 1. The zero-order valence-electron chi connectivity index (χ0n) is 7.64. The molecule has 13 heavy (non-hydrogen) atoms. The molecule has 1 aromatic rings. The highest BCUT2D eigenvalue weighted by molar-refractivity contribution is 5.58. The minimum Gasteiger partial charge on any atom is -0.411 e. The van der Waals surface area contributed by atoms with Crippen molar-refractivity contribution in [3.63, 3.8) is 0 Å². The predicted octanol–water partition coefficient (Wildman–Crippen LogP) is 2.34. The van der Waals surface area contributed by atoms with Crippen molar-refractivity contribution < 1.29 is 5.21 Å². The summed E-state index contributed by atoms with van der Waals surface area (Å²) >= 11 is 0. The van der Waals surface area contributed by atoms with E-state index < -0.39 is 0 Å². The van der Waals surface area contributed by atoms with E-state index in [4.69, 9.17) is 5.21 Å². The Balaban J connectivity index is 2.40. The molecule has 0 radical (unpaired) electrons. The normalized spacial score (nSPS) is 13.0. The van der Waals surface area contributed by atoms with Crippen molar-refractivity contribution in [3.05, 3.63) is 30.3 Å². The lowest BCUT2D eigenvalue weighted by molar-refractivity contribution is 0.320. The topological polar surface area (TPSA) is 44.6 Å². The standard InChI is InChI=1S/C10H14N2O/c1-9(7-8-11-13)12-10-5-3-2-4-6-10/h2-6,8-9,12-13H,7H2,1H3/b11-8+. The van der Waals surface area contributed by atoms with E-state index in [1.54, 1.807) is 0 Å². The van der Waals surface area contributed by atoms with Gasteiger partial charge in [0.1, 0.15) is 0 Å². The van der Waals surface area contributed by atoms with E-state index in [2.05, 4.69) is 10.5 Å². The molecule has 0 spiro atoms. The third-order valence-electron chi connectivity index (χ3n) is 1.73. The summed E-state index contributed by atoms with van der Waals surface area (Å²) in [4.78, 5) is 0. The van der Waals surface area contributed by atoms with Crippen LogP contribution in [0.4, 0.5) is 5.69 Å². The van der Waals surface area contributed by atoms with Crippen molar-refractivity contribution >= 4 is 11.9 Å². The van der Waals surface area contributed by atoms with Crippen LogP contribution in [-0.4, -0.2) is 17.5 Å². The van der Waals surface area contributed by atoms with Crippen LogP contribution in [0.15, 0.2) is 35.5 Å². The van der Waals surface area contributed by atoms with E-state index >= 15 is 0 Å². The molecule has 70 valence electrons. The lowest BCUT2D eigenvalue weighted by Gasteiger charge is -2.11. The average molecular weight is 178 g/mol. The minimum absolute atomic E-state index is 0.276. The SMILES string of the molecule is CC(C/C=N/O)Nc1ccccc1. The van der Waals surface area contributed by atoms with Gasteiger partial charge in [-0.15, -0.1) is 5.16 Å². The van der Waals surface area contributed by atoms with Crippen molar-refractivity contribution in [1.29, 1.82) is 0 Å². The van der Waals surface area contributed by atoms with Gasteiger partial charge in [-0.3, -0.25) is 0 Å². The van der Waals surface area contributed by atoms with E-state index in [0.717, 1.165) is 5.69 Å². The first-order valence-electron chi connectivity index (χ1n) is 4.30. The molecule has 0 fully saturated rings. The molecule has 1 rings (SSSR count). The van der Waals surface area contributed by atoms with E-state index in [0.29, 0.717) is 6.42 Å². The average Bonchev–Trinajstić information content (AvgIpc) is 2.16. The molecular weight excluding hydrogens is 164 g/mol. The summed E-state index contributed by atoms with van der Waals surface area (Å²) in [5, 5.41) is 14.4. The quantitative estimate of drug-likeness (QED) is 0.422. The Morgan fingerprint density at radius 3 is 2.77 bits per heavy atom. The summed E-state index contributed by atoms with van der Waals surface area (Å²) in [6, 6.07) is 10.2. The fraction of sp³-hybridized carbons (Fsp3) is 0.300. The summed E-state index contributed by atoms with van der Waals surface area (Å²) < 4.78 is 0. The van der Waals surface area contributed by atoms with Gasteiger partial charge in [-0.1, -0.05) is 18.2 Å². The summed E-state index contributed by atoms with van der Waals surface area (Å²) in [7, 11) is 0. The highest BCUT2D eigenvalue weighted by Gasteiger charge is 1.98. The maximum Gasteiger partial charge on any atom is 0.0456 e. The van der Waals surface area contributed by atoms with Crippen molar-refractivity contribution in [3.8, 4) is 0 Å². The van der Waals surface area contributed by atoms with Crippen LogP contribution < -0.4 is 5.32 Å². The zero-order chi connectivity index (χ0) is 9.52. The second-order valence-corrected chi connectivity index (χ2v) is 2.95. The molecule has 2 N–H and O–H groups in total. The summed E-state index contributed by atoms with van der Waals surface area (Å²) in [6.07, 6.45) is 2.20. The smallest absolute Gasteiger partial charge is 0.0456 e. The molecule has 3 nitrogen and oxygen atoms in total. The number of para-hydroxylation sites is 1. The lowest BCUT2D eigenvalue weighted by Crippen LogP contribution is -2.15. The Morgan fingerprint density at radius 1 is 1.46 bits per heavy atom. The van der Waals surface area contributed by atoms with Gasteiger partial charge in [-0.2, -0.15) is 0 Å². The van der Waals surface area contributed by atoms with Crippen LogP contribution in [0.25, 0.3) is 0 Å². The first-order chi connectivity index (χ1) is 6.33. The Labute approximate surface area is 78.1 Å². The van der Waals surface area contributed by atoms with Crippen LogP contribution in [0, 0.1) is 0 Å². The molecule has 1 atom stereocenters. The highest BCUT2D eigenvalue weighted by Crippen LogP contribution is 2.07. The fourth-order valence-corrected chi connectivity index (χ4v) is 1.08. The predicted molar refractivity (Wildman–Crippen MR) is 54.4 cm³/mol. The van der Waals surface area contributed by atoms with Crippen LogP contribution in [0.2, 0.25) is 0 Å². The minimum atomic E-state index is 0.276. The Morgan fingerprint density at radius 2 is 2.15 bits per heavy atom. The van der Waals surface area contributed by atoms with E-state index in [9.17, 15) is 0 Å². The molecule has 0 heterocycles. The third kappa shape index (κ3) is 3.60. The monoisotopic (exact) mass is 178 g/mol. The molecular formula is C10H14N2O.